The van der Waals surface area contributed by atoms with Crippen LogP contribution in [0.4, 0.5) is 0 Å². The van der Waals surface area contributed by atoms with E-state index in [-0.39, 0.29) is 11.9 Å². The lowest BCUT2D eigenvalue weighted by Crippen LogP contribution is -2.38. The number of nitrogens with zero attached hydrogens (tertiary/aromatic N) is 2. The summed E-state index contributed by atoms with van der Waals surface area (Å²) in [6.07, 6.45) is 3.98. The Morgan fingerprint density at radius 2 is 2.09 bits per heavy atom. The third-order valence-corrected chi connectivity index (χ3v) is 4.47. The molecule has 1 atom stereocenters. The Morgan fingerprint density at radius 1 is 1.35 bits per heavy atom. The zero-order valence-electron chi connectivity index (χ0n) is 13.8. The highest BCUT2D eigenvalue weighted by Crippen LogP contribution is 2.28. The third kappa shape index (κ3) is 3.01. The van der Waals surface area contributed by atoms with Gasteiger partial charge in [0.1, 0.15) is 0 Å². The molecule has 3 N–H and O–H groups in total. The van der Waals surface area contributed by atoms with Crippen LogP contribution in [0.25, 0.3) is 5.69 Å². The quantitative estimate of drug-likeness (QED) is 0.887. The number of amides is 1. The smallest absolute Gasteiger partial charge is 0.272 e. The van der Waals surface area contributed by atoms with Crippen LogP contribution in [0.2, 0.25) is 0 Å². The Morgan fingerprint density at radius 3 is 2.74 bits per heavy atom. The van der Waals surface area contributed by atoms with Gasteiger partial charge in [0.05, 0.1) is 5.69 Å². The summed E-state index contributed by atoms with van der Waals surface area (Å²) in [5.74, 6) is -0.120. The molecule has 0 spiro atoms. The summed E-state index contributed by atoms with van der Waals surface area (Å²) in [5, 5.41) is 7.53. The van der Waals surface area contributed by atoms with Crippen LogP contribution in [-0.4, -0.2) is 28.3 Å². The van der Waals surface area contributed by atoms with E-state index in [2.05, 4.69) is 41.6 Å². The molecule has 1 aliphatic rings. The van der Waals surface area contributed by atoms with Crippen LogP contribution in [0.1, 0.15) is 47.6 Å². The predicted molar refractivity (Wildman–Crippen MR) is 90.9 cm³/mol. The molecule has 1 aromatic carbocycles. The number of fused-ring (bicyclic) bond motifs is 1. The number of hydrogen-bond donors (Lipinski definition) is 2. The van der Waals surface area contributed by atoms with E-state index >= 15 is 0 Å². The van der Waals surface area contributed by atoms with E-state index in [1.165, 1.54) is 11.3 Å². The number of aryl methyl sites for hydroxylation is 1. The van der Waals surface area contributed by atoms with Crippen LogP contribution in [0.5, 0.6) is 0 Å². The highest BCUT2D eigenvalue weighted by atomic mass is 16.2. The van der Waals surface area contributed by atoms with Gasteiger partial charge in [0.15, 0.2) is 5.69 Å². The number of hydrogen-bond acceptors (Lipinski definition) is 3. The molecule has 1 amide bonds. The SMILES string of the molecule is CCc1ccc(-n2nc(C(=O)N[C@@H](C)CN)c3c2CCC3)cc1. The standard InChI is InChI=1S/C18H24N4O/c1-3-13-7-9-14(10-8-13)22-16-6-4-5-15(16)17(21-22)18(23)20-12(2)11-19/h7-10,12H,3-6,11,19H2,1-2H3,(H,20,23)/t12-/m0/s1. The molecule has 0 bridgehead atoms. The third-order valence-electron chi connectivity index (χ3n) is 4.47. The summed E-state index contributed by atoms with van der Waals surface area (Å²) >= 11 is 0. The van der Waals surface area contributed by atoms with E-state index in [0.29, 0.717) is 12.2 Å². The fraction of sp³-hybridized carbons (Fsp3) is 0.444. The predicted octanol–water partition coefficient (Wildman–Crippen LogP) is 2.00. The topological polar surface area (TPSA) is 72.9 Å². The summed E-state index contributed by atoms with van der Waals surface area (Å²) < 4.78 is 1.93. The molecule has 2 aromatic rings. The maximum absolute atomic E-state index is 12.5. The van der Waals surface area contributed by atoms with Gasteiger partial charge >= 0.3 is 0 Å². The Bertz CT molecular complexity index is 703. The molecular weight excluding hydrogens is 288 g/mol. The zero-order valence-corrected chi connectivity index (χ0v) is 13.8. The molecule has 1 aromatic heterocycles. The molecule has 0 saturated carbocycles. The van der Waals surface area contributed by atoms with Crippen molar-refractivity contribution in [2.24, 2.45) is 5.73 Å². The molecule has 0 aliphatic heterocycles. The highest BCUT2D eigenvalue weighted by molar-refractivity contribution is 5.94. The first-order chi connectivity index (χ1) is 11.1. The first kappa shape index (κ1) is 15.7. The molecule has 122 valence electrons. The molecule has 3 rings (SSSR count). The van der Waals surface area contributed by atoms with Gasteiger partial charge in [0.2, 0.25) is 0 Å². The van der Waals surface area contributed by atoms with Gasteiger partial charge in [-0.1, -0.05) is 19.1 Å². The van der Waals surface area contributed by atoms with Crippen LogP contribution in [-0.2, 0) is 19.3 Å². The highest BCUT2D eigenvalue weighted by Gasteiger charge is 2.27. The van der Waals surface area contributed by atoms with Gasteiger partial charge in [-0.2, -0.15) is 5.10 Å². The molecule has 0 saturated heterocycles. The summed E-state index contributed by atoms with van der Waals surface area (Å²) in [7, 11) is 0. The van der Waals surface area contributed by atoms with Crippen molar-refractivity contribution in [2.45, 2.75) is 45.6 Å². The molecule has 0 radical (unpaired) electrons. The second-order valence-corrected chi connectivity index (χ2v) is 6.17. The number of carbonyl (C=O) groups is 1. The molecule has 5 nitrogen and oxygen atoms in total. The van der Waals surface area contributed by atoms with Gasteiger partial charge < -0.3 is 11.1 Å². The number of aromatic nitrogens is 2. The van der Waals surface area contributed by atoms with Crippen LogP contribution in [0, 0.1) is 0 Å². The van der Waals surface area contributed by atoms with E-state index in [4.69, 9.17) is 5.73 Å². The van der Waals surface area contributed by atoms with Crippen LogP contribution >= 0.6 is 0 Å². The second-order valence-electron chi connectivity index (χ2n) is 6.17. The fourth-order valence-electron chi connectivity index (χ4n) is 3.06. The van der Waals surface area contributed by atoms with Crippen molar-refractivity contribution in [1.82, 2.24) is 15.1 Å². The fourth-order valence-corrected chi connectivity index (χ4v) is 3.06. The van der Waals surface area contributed by atoms with Gasteiger partial charge in [-0.15, -0.1) is 0 Å². The van der Waals surface area contributed by atoms with E-state index in [9.17, 15) is 4.79 Å². The zero-order chi connectivity index (χ0) is 16.4. The van der Waals surface area contributed by atoms with E-state index in [1.54, 1.807) is 0 Å². The summed E-state index contributed by atoms with van der Waals surface area (Å²) in [5.41, 5.74) is 10.7. The average Bonchev–Trinajstić information content (AvgIpc) is 3.17. The van der Waals surface area contributed by atoms with Gasteiger partial charge in [-0.25, -0.2) is 4.68 Å². The number of nitrogens with one attached hydrogen (secondary N) is 1. The van der Waals surface area contributed by atoms with Crippen molar-refractivity contribution < 1.29 is 4.79 Å². The lowest BCUT2D eigenvalue weighted by Gasteiger charge is -2.10. The molecule has 5 heteroatoms. The number of benzene rings is 1. The molecule has 23 heavy (non-hydrogen) atoms. The Kier molecular flexibility index (Phi) is 4.48. The Hall–Kier alpha value is -2.14. The Labute approximate surface area is 136 Å². The minimum atomic E-state index is -0.120. The van der Waals surface area contributed by atoms with Crippen LogP contribution in [0.15, 0.2) is 24.3 Å². The first-order valence-corrected chi connectivity index (χ1v) is 8.35. The summed E-state index contributed by atoms with van der Waals surface area (Å²) in [4.78, 5) is 12.5. The average molecular weight is 312 g/mol. The maximum atomic E-state index is 12.5. The molecule has 0 fully saturated rings. The van der Waals surface area contributed by atoms with Gasteiger partial charge in [0, 0.05) is 23.8 Å². The normalized spacial score (nSPS) is 14.6. The number of rotatable bonds is 5. The first-order valence-electron chi connectivity index (χ1n) is 8.35. The minimum Gasteiger partial charge on any atom is -0.347 e. The Balaban J connectivity index is 1.96. The van der Waals surface area contributed by atoms with E-state index in [1.807, 2.05) is 11.6 Å². The van der Waals surface area contributed by atoms with Crippen molar-refractivity contribution in [3.8, 4) is 5.69 Å². The lowest BCUT2D eigenvalue weighted by molar-refractivity contribution is 0.0935. The van der Waals surface area contributed by atoms with Gasteiger partial charge in [-0.05, 0) is 50.3 Å². The molecule has 1 heterocycles. The second kappa shape index (κ2) is 6.54. The van der Waals surface area contributed by atoms with Crippen molar-refractivity contribution in [2.75, 3.05) is 6.54 Å². The van der Waals surface area contributed by atoms with Crippen molar-refractivity contribution in [3.63, 3.8) is 0 Å². The number of carbonyl (C=O) groups excluding carboxylic acids is 1. The van der Waals surface area contributed by atoms with Gasteiger partial charge in [-0.3, -0.25) is 4.79 Å². The lowest BCUT2D eigenvalue weighted by atomic mass is 10.1. The monoisotopic (exact) mass is 312 g/mol. The van der Waals surface area contributed by atoms with Crippen molar-refractivity contribution in [1.29, 1.82) is 0 Å². The van der Waals surface area contributed by atoms with Crippen LogP contribution < -0.4 is 11.1 Å². The molecule has 1 aliphatic carbocycles. The minimum absolute atomic E-state index is 0.0476. The number of nitrogens with two attached hydrogens (primary N) is 1. The van der Waals surface area contributed by atoms with Crippen LogP contribution in [0.3, 0.4) is 0 Å². The largest absolute Gasteiger partial charge is 0.347 e. The summed E-state index contributed by atoms with van der Waals surface area (Å²) in [6, 6.07) is 8.35. The van der Waals surface area contributed by atoms with E-state index < -0.39 is 0 Å². The summed E-state index contributed by atoms with van der Waals surface area (Å²) in [6.45, 7) is 4.47. The van der Waals surface area contributed by atoms with E-state index in [0.717, 1.165) is 36.9 Å². The van der Waals surface area contributed by atoms with Crippen molar-refractivity contribution >= 4 is 5.91 Å². The maximum Gasteiger partial charge on any atom is 0.272 e. The molecular formula is C18H24N4O. The molecule has 0 unspecified atom stereocenters. The van der Waals surface area contributed by atoms with Crippen molar-refractivity contribution in [3.05, 3.63) is 46.8 Å². The van der Waals surface area contributed by atoms with Gasteiger partial charge in [0.25, 0.3) is 5.91 Å².